The Kier molecular flexibility index (Phi) is 5.72. The highest BCUT2D eigenvalue weighted by molar-refractivity contribution is 6.31. The lowest BCUT2D eigenvalue weighted by Crippen LogP contribution is -2.31. The van der Waals surface area contributed by atoms with E-state index in [4.69, 9.17) is 16.4 Å². The van der Waals surface area contributed by atoms with Gasteiger partial charge in [0.2, 0.25) is 0 Å². The lowest BCUT2D eigenvalue weighted by molar-refractivity contribution is 0.134. The van der Waals surface area contributed by atoms with Crippen LogP contribution in [0.15, 0.2) is 82.8 Å². The number of halogens is 2. The molecule has 0 aliphatic carbocycles. The summed E-state index contributed by atoms with van der Waals surface area (Å²) in [7, 11) is 0. The normalized spacial score (nSPS) is 12.7. The summed E-state index contributed by atoms with van der Waals surface area (Å²) in [6.45, 7) is 0.157. The van der Waals surface area contributed by atoms with Crippen LogP contribution in [0.3, 0.4) is 0 Å². The molecule has 1 heterocycles. The molecule has 0 spiro atoms. The average molecular weight is 423 g/mol. The lowest BCUT2D eigenvalue weighted by atomic mass is 10.0. The number of nitrogens with zero attached hydrogens (tertiary/aromatic N) is 2. The van der Waals surface area contributed by atoms with Crippen molar-refractivity contribution >= 4 is 40.6 Å². The number of amidine groups is 1. The van der Waals surface area contributed by atoms with Gasteiger partial charge in [-0.3, -0.25) is 10.3 Å². The maximum atomic E-state index is 13.2. The highest BCUT2D eigenvalue weighted by Crippen LogP contribution is 2.28. The molecule has 30 heavy (non-hydrogen) atoms. The van der Waals surface area contributed by atoms with Gasteiger partial charge in [-0.15, -0.1) is 0 Å². The summed E-state index contributed by atoms with van der Waals surface area (Å²) < 4.78 is 13.2. The summed E-state index contributed by atoms with van der Waals surface area (Å²) in [5.41, 5.74) is 5.86. The summed E-state index contributed by atoms with van der Waals surface area (Å²) >= 11 is 6.19. The smallest absolute Gasteiger partial charge is 0.323 e. The van der Waals surface area contributed by atoms with E-state index < -0.39 is 11.9 Å². The van der Waals surface area contributed by atoms with Crippen molar-refractivity contribution in [3.8, 4) is 0 Å². The fraction of sp³-hybridized carbons (Fsp3) is 0.0455. The summed E-state index contributed by atoms with van der Waals surface area (Å²) in [5, 5.41) is 2.99. The number of aliphatic imine (C=N–C) groups is 2. The minimum Gasteiger partial charge on any atom is -0.323 e. The number of hydrogen-bond donors (Lipinski definition) is 2. The quantitative estimate of drug-likeness (QED) is 0.563. The van der Waals surface area contributed by atoms with Gasteiger partial charge >= 0.3 is 6.09 Å². The zero-order chi connectivity index (χ0) is 20.9. The minimum atomic E-state index is -0.809. The van der Waals surface area contributed by atoms with Gasteiger partial charge in [-0.1, -0.05) is 48.0 Å². The molecule has 4 rings (SSSR count). The van der Waals surface area contributed by atoms with Gasteiger partial charge in [-0.05, 0) is 36.4 Å². The molecule has 0 bridgehead atoms. The number of hydrogen-bond acceptors (Lipinski definition) is 5. The molecule has 2 N–H and O–H groups in total. The molecule has 0 saturated heterocycles. The standard InChI is InChI=1S/C22H16ClFN4O2/c23-15-9-10-19-18(11-15)21(14-5-2-1-3-6-14)25-13-20(27-19)28-30-22(29)26-17-8-4-7-16(24)12-17/h1-12H,13H2,(H,26,29)(H,27,28). The van der Waals surface area contributed by atoms with Crippen LogP contribution in [-0.4, -0.2) is 24.2 Å². The van der Waals surface area contributed by atoms with Crippen LogP contribution in [0.1, 0.15) is 11.1 Å². The Morgan fingerprint density at radius 1 is 1.03 bits per heavy atom. The molecule has 0 fully saturated rings. The molecule has 0 unspecified atom stereocenters. The third-order valence-electron chi connectivity index (χ3n) is 4.24. The largest absolute Gasteiger partial charge is 0.435 e. The molecule has 6 nitrogen and oxygen atoms in total. The van der Waals surface area contributed by atoms with Crippen LogP contribution < -0.4 is 10.8 Å². The van der Waals surface area contributed by atoms with Crippen LogP contribution in [0.25, 0.3) is 0 Å². The molecule has 0 saturated carbocycles. The maximum absolute atomic E-state index is 13.2. The Bertz CT molecular complexity index is 1150. The summed E-state index contributed by atoms with van der Waals surface area (Å²) in [5.74, 6) is -0.133. The van der Waals surface area contributed by atoms with Gasteiger partial charge in [0.15, 0.2) is 5.84 Å². The number of fused-ring (bicyclic) bond motifs is 1. The van der Waals surface area contributed by atoms with E-state index in [-0.39, 0.29) is 12.2 Å². The number of rotatable bonds is 2. The number of carbonyl (C=O) groups excluding carboxylic acids is 1. The van der Waals surface area contributed by atoms with Crippen molar-refractivity contribution in [3.05, 3.63) is 94.8 Å². The van der Waals surface area contributed by atoms with E-state index in [1.807, 2.05) is 30.3 Å². The van der Waals surface area contributed by atoms with E-state index in [2.05, 4.69) is 20.8 Å². The number of hydroxylamine groups is 1. The van der Waals surface area contributed by atoms with E-state index in [1.54, 1.807) is 24.3 Å². The number of anilines is 1. The van der Waals surface area contributed by atoms with Crippen LogP contribution in [-0.2, 0) is 4.84 Å². The Labute approximate surface area is 177 Å². The summed E-state index contributed by atoms with van der Waals surface area (Å²) in [4.78, 5) is 26.2. The number of carbonyl (C=O) groups is 1. The Hall–Kier alpha value is -3.71. The second kappa shape index (κ2) is 8.75. The first-order valence-corrected chi connectivity index (χ1v) is 9.43. The number of nitrogens with one attached hydrogen (secondary N) is 2. The van der Waals surface area contributed by atoms with Gasteiger partial charge in [0.05, 0.1) is 11.4 Å². The van der Waals surface area contributed by atoms with Gasteiger partial charge in [-0.25, -0.2) is 19.7 Å². The molecule has 8 heteroatoms. The molecule has 0 aromatic heterocycles. The van der Waals surface area contributed by atoms with Gasteiger partial charge in [0.1, 0.15) is 12.4 Å². The monoisotopic (exact) mass is 422 g/mol. The minimum absolute atomic E-state index is 0.157. The number of benzene rings is 3. The predicted octanol–water partition coefficient (Wildman–Crippen LogP) is 5.11. The topological polar surface area (TPSA) is 75.1 Å². The van der Waals surface area contributed by atoms with Crippen molar-refractivity contribution < 1.29 is 14.0 Å². The van der Waals surface area contributed by atoms with Crippen molar-refractivity contribution in [1.82, 2.24) is 5.48 Å². The first-order chi connectivity index (χ1) is 14.6. The highest BCUT2D eigenvalue weighted by Gasteiger charge is 2.17. The molecule has 1 aliphatic rings. The van der Waals surface area contributed by atoms with Crippen molar-refractivity contribution in [2.75, 3.05) is 11.9 Å². The van der Waals surface area contributed by atoms with E-state index in [9.17, 15) is 9.18 Å². The second-order valence-electron chi connectivity index (χ2n) is 6.38. The molecule has 0 radical (unpaired) electrons. The van der Waals surface area contributed by atoms with Crippen LogP contribution in [0.5, 0.6) is 0 Å². The molecule has 3 aromatic rings. The third-order valence-corrected chi connectivity index (χ3v) is 4.47. The molecular formula is C22H16ClFN4O2. The molecule has 0 atom stereocenters. The zero-order valence-electron chi connectivity index (χ0n) is 15.6. The molecule has 150 valence electrons. The lowest BCUT2D eigenvalue weighted by Gasteiger charge is -2.09. The Morgan fingerprint density at radius 2 is 1.87 bits per heavy atom. The van der Waals surface area contributed by atoms with E-state index in [0.717, 1.165) is 16.8 Å². The average Bonchev–Trinajstić information content (AvgIpc) is 2.92. The predicted molar refractivity (Wildman–Crippen MR) is 115 cm³/mol. The van der Waals surface area contributed by atoms with Gasteiger partial charge in [-0.2, -0.15) is 0 Å². The third kappa shape index (κ3) is 4.64. The van der Waals surface area contributed by atoms with Gasteiger partial charge in [0, 0.05) is 21.8 Å². The zero-order valence-corrected chi connectivity index (χ0v) is 16.4. The SMILES string of the molecule is O=C(Nc1cccc(F)c1)ONC1=Nc2ccc(Cl)cc2C(c2ccccc2)=NC1. The van der Waals surface area contributed by atoms with Crippen molar-refractivity contribution in [3.63, 3.8) is 0 Å². The van der Waals surface area contributed by atoms with Crippen LogP contribution in [0.2, 0.25) is 5.02 Å². The fourth-order valence-electron chi connectivity index (χ4n) is 2.93. The fourth-order valence-corrected chi connectivity index (χ4v) is 3.10. The molecule has 1 aliphatic heterocycles. The maximum Gasteiger partial charge on any atom is 0.435 e. The van der Waals surface area contributed by atoms with Crippen molar-refractivity contribution in [2.45, 2.75) is 0 Å². The van der Waals surface area contributed by atoms with Crippen LogP contribution in [0.4, 0.5) is 20.6 Å². The molecule has 3 aromatic carbocycles. The van der Waals surface area contributed by atoms with E-state index in [0.29, 0.717) is 16.5 Å². The Balaban J connectivity index is 1.53. The second-order valence-corrected chi connectivity index (χ2v) is 6.81. The van der Waals surface area contributed by atoms with Gasteiger partial charge < -0.3 is 4.84 Å². The first kappa shape index (κ1) is 19.6. The van der Waals surface area contributed by atoms with Crippen molar-refractivity contribution in [1.29, 1.82) is 0 Å². The van der Waals surface area contributed by atoms with Gasteiger partial charge in [0.25, 0.3) is 0 Å². The van der Waals surface area contributed by atoms with Crippen molar-refractivity contribution in [2.24, 2.45) is 9.98 Å². The van der Waals surface area contributed by atoms with E-state index in [1.165, 1.54) is 18.2 Å². The van der Waals surface area contributed by atoms with Crippen LogP contribution in [0, 0.1) is 5.82 Å². The van der Waals surface area contributed by atoms with Crippen LogP contribution >= 0.6 is 11.6 Å². The first-order valence-electron chi connectivity index (χ1n) is 9.05. The van der Waals surface area contributed by atoms with E-state index >= 15 is 0 Å². The summed E-state index contributed by atoms with van der Waals surface area (Å²) in [6.07, 6.45) is -0.809. The Morgan fingerprint density at radius 3 is 2.67 bits per heavy atom. The number of amides is 1. The molecule has 1 amide bonds. The highest BCUT2D eigenvalue weighted by atomic mass is 35.5. The molecular weight excluding hydrogens is 407 g/mol. The summed E-state index contributed by atoms with van der Waals surface area (Å²) in [6, 6.07) is 20.5.